The van der Waals surface area contributed by atoms with Gasteiger partial charge in [-0.15, -0.1) is 0 Å². The number of benzene rings is 1. The lowest BCUT2D eigenvalue weighted by Gasteiger charge is -2.31. The van der Waals surface area contributed by atoms with E-state index in [-0.39, 0.29) is 11.8 Å². The van der Waals surface area contributed by atoms with Gasteiger partial charge in [0.05, 0.1) is 21.8 Å². The van der Waals surface area contributed by atoms with Crippen molar-refractivity contribution in [3.05, 3.63) is 84.1 Å². The molecule has 40 heavy (non-hydrogen) atoms. The molecule has 1 amide bonds. The van der Waals surface area contributed by atoms with E-state index in [1.54, 1.807) is 49.8 Å². The Balaban J connectivity index is 1.34. The molecular weight excluding hydrogens is 528 g/mol. The number of hydrogen-bond acceptors (Lipinski definition) is 8. The molecule has 4 N–H and O–H groups in total. The van der Waals surface area contributed by atoms with E-state index in [0.717, 1.165) is 35.1 Å². The second-order valence-corrected chi connectivity index (χ2v) is 9.68. The maximum absolute atomic E-state index is 12.0. The topological polar surface area (TPSA) is 134 Å². The van der Waals surface area contributed by atoms with Gasteiger partial charge in [0.2, 0.25) is 5.91 Å². The van der Waals surface area contributed by atoms with Gasteiger partial charge in [0.15, 0.2) is 0 Å². The van der Waals surface area contributed by atoms with E-state index >= 15 is 0 Å². The maximum Gasteiger partial charge on any atom is 0.245 e. The number of nitrogens with two attached hydrogens (primary N) is 1. The molecule has 0 spiro atoms. The summed E-state index contributed by atoms with van der Waals surface area (Å²) in [6.45, 7) is 4.97. The number of nitrogens with one attached hydrogen (secondary N) is 2. The molecule has 0 saturated carbocycles. The van der Waals surface area contributed by atoms with Gasteiger partial charge >= 0.3 is 0 Å². The summed E-state index contributed by atoms with van der Waals surface area (Å²) in [5.74, 6) is 1.95. The Bertz CT molecular complexity index is 1600. The van der Waals surface area contributed by atoms with Crippen LogP contribution in [0.15, 0.2) is 72.8 Å². The molecule has 1 saturated heterocycles. The van der Waals surface area contributed by atoms with Crippen molar-refractivity contribution >= 4 is 52.0 Å². The number of piperidine rings is 1. The minimum Gasteiger partial charge on any atom is -0.456 e. The van der Waals surface area contributed by atoms with E-state index in [0.29, 0.717) is 46.8 Å². The van der Waals surface area contributed by atoms with Crippen molar-refractivity contribution in [3.8, 4) is 11.5 Å². The smallest absolute Gasteiger partial charge is 0.245 e. The van der Waals surface area contributed by atoms with E-state index in [9.17, 15) is 4.79 Å². The van der Waals surface area contributed by atoms with Crippen molar-refractivity contribution < 1.29 is 9.53 Å². The Morgan fingerprint density at radius 3 is 2.83 bits per heavy atom. The number of rotatable bonds is 8. The monoisotopic (exact) mass is 556 g/mol. The third-order valence-electron chi connectivity index (χ3n) is 6.77. The molecule has 1 fully saturated rings. The molecule has 1 aliphatic rings. The Hall–Kier alpha value is -4.70. The van der Waals surface area contributed by atoms with Crippen molar-refractivity contribution in [2.24, 2.45) is 10.7 Å². The molecule has 10 nitrogen and oxygen atoms in total. The van der Waals surface area contributed by atoms with Crippen LogP contribution in [0.2, 0.25) is 5.02 Å². The highest BCUT2D eigenvalue weighted by molar-refractivity contribution is 6.32. The normalized spacial score (nSPS) is 14.6. The molecule has 0 unspecified atom stereocenters. The van der Waals surface area contributed by atoms with Gasteiger partial charge in [0, 0.05) is 50.5 Å². The SMILES string of the molecule is C=CC(=O)N1CCC(c2c[nH]c3ncnc(Nc4ccc(Oc5ccnc(/C(N)=C/C=NC)c5)c(Cl)c4)c23)CC1. The first-order valence-corrected chi connectivity index (χ1v) is 13.2. The lowest BCUT2D eigenvalue weighted by Crippen LogP contribution is -2.36. The number of aromatic amines is 1. The molecule has 0 aliphatic carbocycles. The highest BCUT2D eigenvalue weighted by Gasteiger charge is 2.26. The number of allylic oxidation sites excluding steroid dienone is 1. The molecule has 1 aromatic carbocycles. The van der Waals surface area contributed by atoms with Crippen LogP contribution in [0.4, 0.5) is 11.5 Å². The summed E-state index contributed by atoms with van der Waals surface area (Å²) in [7, 11) is 1.67. The highest BCUT2D eigenvalue weighted by Crippen LogP contribution is 2.37. The number of likely N-dealkylation sites (tertiary alicyclic amines) is 1. The number of nitrogens with zero attached hydrogens (tertiary/aromatic N) is 5. The quantitative estimate of drug-likeness (QED) is 0.194. The van der Waals surface area contributed by atoms with Gasteiger partial charge in [-0.2, -0.15) is 0 Å². The summed E-state index contributed by atoms with van der Waals surface area (Å²) in [6, 6.07) is 8.91. The Kier molecular flexibility index (Phi) is 8.07. The molecule has 5 rings (SSSR count). The summed E-state index contributed by atoms with van der Waals surface area (Å²) >= 11 is 6.61. The number of carbonyl (C=O) groups excluding carboxylic acids is 1. The highest BCUT2D eigenvalue weighted by atomic mass is 35.5. The fourth-order valence-corrected chi connectivity index (χ4v) is 4.96. The molecular formula is C29H29ClN8O2. The Morgan fingerprint density at radius 2 is 2.08 bits per heavy atom. The summed E-state index contributed by atoms with van der Waals surface area (Å²) in [5, 5.41) is 4.74. The van der Waals surface area contributed by atoms with Gasteiger partial charge in [-0.25, -0.2) is 9.97 Å². The zero-order chi connectivity index (χ0) is 28.1. The van der Waals surface area contributed by atoms with Crippen LogP contribution in [0.5, 0.6) is 11.5 Å². The maximum atomic E-state index is 12.0. The Morgan fingerprint density at radius 1 is 1.25 bits per heavy atom. The van der Waals surface area contributed by atoms with Crippen molar-refractivity contribution in [2.75, 3.05) is 25.5 Å². The van der Waals surface area contributed by atoms with Gasteiger partial charge in [-0.05, 0) is 60.7 Å². The van der Waals surface area contributed by atoms with Gasteiger partial charge in [0.25, 0.3) is 0 Å². The standard InChI is InChI=1S/C29H29ClN8O2/c1-3-26(39)38-12-8-18(9-13-38)21-16-34-28-27(21)29(36-17-35-28)37-19-4-5-25(22(30)14-19)40-20-6-11-33-24(15-20)23(31)7-10-32-2/h3-7,10-11,14-18H,1,8-9,12-13,31H2,2H3,(H2,34,35,36,37)/b23-7-,32-10?. The lowest BCUT2D eigenvalue weighted by atomic mass is 9.89. The second kappa shape index (κ2) is 12.0. The summed E-state index contributed by atoms with van der Waals surface area (Å²) in [5.41, 5.74) is 9.73. The first kappa shape index (κ1) is 26.9. The zero-order valence-electron chi connectivity index (χ0n) is 22.0. The number of amides is 1. The molecule has 0 bridgehead atoms. The van der Waals surface area contributed by atoms with E-state index in [4.69, 9.17) is 22.1 Å². The van der Waals surface area contributed by atoms with Gasteiger partial charge in [0.1, 0.15) is 29.3 Å². The minimum absolute atomic E-state index is 0.0281. The molecule has 4 aromatic rings. The first-order valence-electron chi connectivity index (χ1n) is 12.8. The van der Waals surface area contributed by atoms with Crippen molar-refractivity contribution in [2.45, 2.75) is 18.8 Å². The number of aliphatic imine (C=N–C) groups is 1. The third kappa shape index (κ3) is 5.81. The van der Waals surface area contributed by atoms with Gasteiger partial charge < -0.3 is 25.7 Å². The summed E-state index contributed by atoms with van der Waals surface area (Å²) in [4.78, 5) is 34.2. The third-order valence-corrected chi connectivity index (χ3v) is 7.07. The number of fused-ring (bicyclic) bond motifs is 1. The number of anilines is 2. The molecule has 1 aliphatic heterocycles. The molecule has 204 valence electrons. The molecule has 0 radical (unpaired) electrons. The zero-order valence-corrected chi connectivity index (χ0v) is 22.7. The fraction of sp³-hybridized carbons (Fsp3) is 0.207. The summed E-state index contributed by atoms with van der Waals surface area (Å²) < 4.78 is 6.02. The fourth-order valence-electron chi connectivity index (χ4n) is 4.74. The minimum atomic E-state index is -0.0281. The molecule has 11 heteroatoms. The number of H-pyrrole nitrogens is 1. The van der Waals surface area contributed by atoms with E-state index in [1.165, 1.54) is 12.4 Å². The van der Waals surface area contributed by atoms with Crippen LogP contribution in [-0.2, 0) is 4.79 Å². The number of aromatic nitrogens is 4. The van der Waals surface area contributed by atoms with Crippen LogP contribution in [0, 0.1) is 0 Å². The van der Waals surface area contributed by atoms with Crippen LogP contribution in [0.1, 0.15) is 30.0 Å². The van der Waals surface area contributed by atoms with Crippen molar-refractivity contribution in [3.63, 3.8) is 0 Å². The predicted molar refractivity (Wildman–Crippen MR) is 158 cm³/mol. The van der Waals surface area contributed by atoms with Crippen LogP contribution in [-0.4, -0.2) is 57.1 Å². The molecule has 3 aromatic heterocycles. The van der Waals surface area contributed by atoms with Gasteiger partial charge in [-0.1, -0.05) is 18.2 Å². The average Bonchev–Trinajstić information content (AvgIpc) is 3.42. The van der Waals surface area contributed by atoms with Crippen LogP contribution >= 0.6 is 11.6 Å². The van der Waals surface area contributed by atoms with Crippen LogP contribution in [0.3, 0.4) is 0 Å². The number of pyridine rings is 1. The number of hydrogen-bond donors (Lipinski definition) is 3. The number of halogens is 1. The van der Waals surface area contributed by atoms with E-state index < -0.39 is 0 Å². The van der Waals surface area contributed by atoms with Gasteiger partial charge in [-0.3, -0.25) is 14.8 Å². The van der Waals surface area contributed by atoms with Crippen molar-refractivity contribution in [1.29, 1.82) is 0 Å². The second-order valence-electron chi connectivity index (χ2n) is 9.27. The summed E-state index contributed by atoms with van der Waals surface area (Å²) in [6.07, 6.45) is 11.5. The van der Waals surface area contributed by atoms with Crippen LogP contribution in [0.25, 0.3) is 16.7 Å². The predicted octanol–water partition coefficient (Wildman–Crippen LogP) is 5.43. The van der Waals surface area contributed by atoms with E-state index in [1.807, 2.05) is 17.2 Å². The van der Waals surface area contributed by atoms with Crippen LogP contribution < -0.4 is 15.8 Å². The largest absolute Gasteiger partial charge is 0.456 e. The molecule has 0 atom stereocenters. The average molecular weight is 557 g/mol. The Labute approximate surface area is 236 Å². The number of carbonyl (C=O) groups is 1. The molecule has 4 heterocycles. The van der Waals surface area contributed by atoms with Crippen molar-refractivity contribution in [1.82, 2.24) is 24.8 Å². The lowest BCUT2D eigenvalue weighted by molar-refractivity contribution is -0.127. The number of ether oxygens (including phenoxy) is 1. The van der Waals surface area contributed by atoms with E-state index in [2.05, 4.69) is 36.8 Å². The first-order chi connectivity index (χ1) is 19.5.